The van der Waals surface area contributed by atoms with Gasteiger partial charge in [0.25, 0.3) is 0 Å². The van der Waals surface area contributed by atoms with Gasteiger partial charge in [0.1, 0.15) is 5.75 Å². The molecule has 0 saturated heterocycles. The van der Waals surface area contributed by atoms with Crippen molar-refractivity contribution in [3.8, 4) is 5.75 Å². The van der Waals surface area contributed by atoms with Gasteiger partial charge in [-0.3, -0.25) is 4.79 Å². The first-order chi connectivity index (χ1) is 8.71. The van der Waals surface area contributed by atoms with Crippen LogP contribution in [0.2, 0.25) is 0 Å². The van der Waals surface area contributed by atoms with Crippen LogP contribution in [0.1, 0.15) is 40.0 Å². The molecular weight excluding hydrogens is 226 g/mol. The minimum absolute atomic E-state index is 0.0982. The highest BCUT2D eigenvalue weighted by atomic mass is 16.5. The zero-order valence-corrected chi connectivity index (χ0v) is 11.5. The third kappa shape index (κ3) is 4.40. The van der Waals surface area contributed by atoms with Gasteiger partial charge in [0.15, 0.2) is 0 Å². The Morgan fingerprint density at radius 1 is 1.17 bits per heavy atom. The Morgan fingerprint density at radius 2 is 1.78 bits per heavy atom. The second-order valence-corrected chi connectivity index (χ2v) is 4.38. The molecule has 1 aromatic carbocycles. The van der Waals surface area contributed by atoms with Crippen molar-refractivity contribution in [1.29, 1.82) is 0 Å². The van der Waals surface area contributed by atoms with Crippen LogP contribution < -0.4 is 10.1 Å². The van der Waals surface area contributed by atoms with Gasteiger partial charge in [-0.05, 0) is 43.5 Å². The fraction of sp³-hybridized carbons (Fsp3) is 0.533. The highest BCUT2D eigenvalue weighted by molar-refractivity contribution is 5.92. The smallest absolute Gasteiger partial charge is 0.227 e. The van der Waals surface area contributed by atoms with Crippen molar-refractivity contribution in [2.24, 2.45) is 5.92 Å². The largest absolute Gasteiger partial charge is 0.494 e. The molecule has 0 aliphatic carbocycles. The van der Waals surface area contributed by atoms with E-state index < -0.39 is 0 Å². The molecule has 0 aromatic heterocycles. The van der Waals surface area contributed by atoms with E-state index in [-0.39, 0.29) is 11.8 Å². The Labute approximate surface area is 110 Å². The second kappa shape index (κ2) is 7.75. The maximum Gasteiger partial charge on any atom is 0.227 e. The fourth-order valence-corrected chi connectivity index (χ4v) is 1.76. The van der Waals surface area contributed by atoms with E-state index >= 15 is 0 Å². The minimum Gasteiger partial charge on any atom is -0.494 e. The molecule has 0 saturated carbocycles. The van der Waals surface area contributed by atoms with Crippen molar-refractivity contribution in [3.05, 3.63) is 24.3 Å². The van der Waals surface area contributed by atoms with E-state index in [4.69, 9.17) is 4.74 Å². The quantitative estimate of drug-likeness (QED) is 0.797. The molecule has 3 heteroatoms. The SMILES string of the molecule is CCCOc1ccc(NC(=O)C(CC)CC)cc1. The van der Waals surface area contributed by atoms with Crippen LogP contribution in [-0.4, -0.2) is 12.5 Å². The number of rotatable bonds is 7. The molecule has 0 aliphatic heterocycles. The fourth-order valence-electron chi connectivity index (χ4n) is 1.76. The van der Waals surface area contributed by atoms with Gasteiger partial charge < -0.3 is 10.1 Å². The molecule has 18 heavy (non-hydrogen) atoms. The van der Waals surface area contributed by atoms with E-state index in [9.17, 15) is 4.79 Å². The topological polar surface area (TPSA) is 38.3 Å². The van der Waals surface area contributed by atoms with E-state index in [0.717, 1.165) is 37.3 Å². The molecule has 1 amide bonds. The van der Waals surface area contributed by atoms with Crippen molar-refractivity contribution in [2.45, 2.75) is 40.0 Å². The standard InChI is InChI=1S/C15H23NO2/c1-4-11-18-14-9-7-13(8-10-14)16-15(17)12(5-2)6-3/h7-10,12H,4-6,11H2,1-3H3,(H,16,17). The minimum atomic E-state index is 0.0982. The maximum atomic E-state index is 11.9. The summed E-state index contributed by atoms with van der Waals surface area (Å²) in [5.74, 6) is 1.04. The number of anilines is 1. The van der Waals surface area contributed by atoms with Gasteiger partial charge >= 0.3 is 0 Å². The van der Waals surface area contributed by atoms with Crippen LogP contribution in [0, 0.1) is 5.92 Å². The molecule has 0 bridgehead atoms. The molecule has 0 spiro atoms. The first-order valence-electron chi connectivity index (χ1n) is 6.74. The first kappa shape index (κ1) is 14.6. The van der Waals surface area contributed by atoms with Crippen molar-refractivity contribution in [3.63, 3.8) is 0 Å². The highest BCUT2D eigenvalue weighted by Crippen LogP contribution is 2.17. The average Bonchev–Trinajstić information content (AvgIpc) is 2.39. The summed E-state index contributed by atoms with van der Waals surface area (Å²) in [6.07, 6.45) is 2.74. The molecule has 100 valence electrons. The molecule has 0 unspecified atom stereocenters. The van der Waals surface area contributed by atoms with Crippen LogP contribution >= 0.6 is 0 Å². The third-order valence-corrected chi connectivity index (χ3v) is 2.95. The molecule has 3 nitrogen and oxygen atoms in total. The van der Waals surface area contributed by atoms with Crippen molar-refractivity contribution >= 4 is 11.6 Å². The van der Waals surface area contributed by atoms with Crippen LogP contribution in [-0.2, 0) is 4.79 Å². The number of amides is 1. The lowest BCUT2D eigenvalue weighted by Gasteiger charge is -2.13. The molecular formula is C15H23NO2. The summed E-state index contributed by atoms with van der Waals surface area (Å²) >= 11 is 0. The van der Waals surface area contributed by atoms with Crippen molar-refractivity contribution in [1.82, 2.24) is 0 Å². The number of ether oxygens (including phenoxy) is 1. The lowest BCUT2D eigenvalue weighted by Crippen LogP contribution is -2.21. The van der Waals surface area contributed by atoms with Crippen molar-refractivity contribution < 1.29 is 9.53 Å². The third-order valence-electron chi connectivity index (χ3n) is 2.95. The molecule has 1 rings (SSSR count). The Bertz CT molecular complexity index is 355. The number of carbonyl (C=O) groups is 1. The van der Waals surface area contributed by atoms with E-state index in [1.165, 1.54) is 0 Å². The number of hydrogen-bond donors (Lipinski definition) is 1. The molecule has 1 aromatic rings. The van der Waals surface area contributed by atoms with Crippen LogP contribution in [0.4, 0.5) is 5.69 Å². The first-order valence-corrected chi connectivity index (χ1v) is 6.74. The summed E-state index contributed by atoms with van der Waals surface area (Å²) in [5, 5.41) is 2.93. The summed E-state index contributed by atoms with van der Waals surface area (Å²) < 4.78 is 5.49. The Morgan fingerprint density at radius 3 is 2.28 bits per heavy atom. The van der Waals surface area contributed by atoms with Gasteiger partial charge in [-0.25, -0.2) is 0 Å². The van der Waals surface area contributed by atoms with Gasteiger partial charge in [-0.1, -0.05) is 20.8 Å². The highest BCUT2D eigenvalue weighted by Gasteiger charge is 2.13. The average molecular weight is 249 g/mol. The van der Waals surface area contributed by atoms with Gasteiger partial charge in [-0.2, -0.15) is 0 Å². The van der Waals surface area contributed by atoms with E-state index in [0.29, 0.717) is 0 Å². The van der Waals surface area contributed by atoms with Crippen LogP contribution in [0.15, 0.2) is 24.3 Å². The maximum absolute atomic E-state index is 11.9. The molecule has 1 N–H and O–H groups in total. The van der Waals surface area contributed by atoms with Crippen molar-refractivity contribution in [2.75, 3.05) is 11.9 Å². The summed E-state index contributed by atoms with van der Waals surface area (Å²) in [6, 6.07) is 7.53. The lowest BCUT2D eigenvalue weighted by atomic mass is 10.0. The van der Waals surface area contributed by atoms with Gasteiger partial charge in [0.05, 0.1) is 6.61 Å². The van der Waals surface area contributed by atoms with Crippen LogP contribution in [0.3, 0.4) is 0 Å². The number of benzene rings is 1. The van der Waals surface area contributed by atoms with E-state index in [1.807, 2.05) is 38.1 Å². The van der Waals surface area contributed by atoms with Crippen LogP contribution in [0.5, 0.6) is 5.75 Å². The van der Waals surface area contributed by atoms with Crippen LogP contribution in [0.25, 0.3) is 0 Å². The van der Waals surface area contributed by atoms with Gasteiger partial charge in [0, 0.05) is 11.6 Å². The Balaban J connectivity index is 2.55. The molecule has 0 radical (unpaired) electrons. The number of hydrogen-bond acceptors (Lipinski definition) is 2. The molecule has 0 aliphatic rings. The number of nitrogens with one attached hydrogen (secondary N) is 1. The second-order valence-electron chi connectivity index (χ2n) is 4.38. The predicted octanol–water partition coefficient (Wildman–Crippen LogP) is 3.85. The Hall–Kier alpha value is -1.51. The normalized spacial score (nSPS) is 10.4. The zero-order chi connectivity index (χ0) is 13.4. The summed E-state index contributed by atoms with van der Waals surface area (Å²) in [6.45, 7) is 6.87. The summed E-state index contributed by atoms with van der Waals surface area (Å²) in [7, 11) is 0. The van der Waals surface area contributed by atoms with E-state index in [1.54, 1.807) is 0 Å². The number of carbonyl (C=O) groups excluding carboxylic acids is 1. The predicted molar refractivity (Wildman–Crippen MR) is 74.9 cm³/mol. The molecule has 0 fully saturated rings. The summed E-state index contributed by atoms with van der Waals surface area (Å²) in [4.78, 5) is 11.9. The Kier molecular flexibility index (Phi) is 6.26. The van der Waals surface area contributed by atoms with Gasteiger partial charge in [-0.15, -0.1) is 0 Å². The lowest BCUT2D eigenvalue weighted by molar-refractivity contribution is -0.120. The molecule has 0 heterocycles. The monoisotopic (exact) mass is 249 g/mol. The zero-order valence-electron chi connectivity index (χ0n) is 11.5. The molecule has 0 atom stereocenters. The van der Waals surface area contributed by atoms with E-state index in [2.05, 4.69) is 12.2 Å². The van der Waals surface area contributed by atoms with Gasteiger partial charge in [0.2, 0.25) is 5.91 Å². The summed E-state index contributed by atoms with van der Waals surface area (Å²) in [5.41, 5.74) is 0.829.